The fraction of sp³-hybridized carbons (Fsp3) is 0.250. The molecule has 0 radical (unpaired) electrons. The van der Waals surface area contributed by atoms with Gasteiger partial charge in [-0.15, -0.1) is 0 Å². The second-order valence-corrected chi connectivity index (χ2v) is 8.70. The highest BCUT2D eigenvalue weighted by Crippen LogP contribution is 2.22. The minimum Gasteiger partial charge on any atom is -0.324 e. The summed E-state index contributed by atoms with van der Waals surface area (Å²) < 4.78 is 0. The van der Waals surface area contributed by atoms with Crippen molar-refractivity contribution in [2.45, 2.75) is 19.8 Å². The van der Waals surface area contributed by atoms with Crippen molar-refractivity contribution in [1.29, 1.82) is 0 Å². The molecule has 1 fully saturated rings. The number of ketones is 1. The maximum absolute atomic E-state index is 12.8. The molecule has 6 heteroatoms. The Labute approximate surface area is 200 Å². The number of likely N-dealkylation sites (tertiary alicyclic amines) is 1. The number of rotatable bonds is 7. The number of hydrogen-bond donors (Lipinski definition) is 2. The molecule has 2 N–H and O–H groups in total. The van der Waals surface area contributed by atoms with Crippen LogP contribution in [0, 0.1) is 12.8 Å². The fourth-order valence-electron chi connectivity index (χ4n) is 4.30. The lowest BCUT2D eigenvalue weighted by molar-refractivity contribution is -0.117. The molecule has 0 atom stereocenters. The summed E-state index contributed by atoms with van der Waals surface area (Å²) in [6.07, 6.45) is 1.47. The van der Waals surface area contributed by atoms with Crippen molar-refractivity contribution in [2.24, 2.45) is 5.92 Å². The van der Waals surface area contributed by atoms with Crippen LogP contribution in [0.3, 0.4) is 0 Å². The molecule has 174 valence electrons. The third-order valence-electron chi connectivity index (χ3n) is 6.11. The Morgan fingerprint density at radius 1 is 0.853 bits per heavy atom. The number of benzene rings is 3. The van der Waals surface area contributed by atoms with Crippen molar-refractivity contribution in [3.8, 4) is 0 Å². The number of aryl methyl sites for hydroxylation is 1. The van der Waals surface area contributed by atoms with Crippen LogP contribution < -0.4 is 10.6 Å². The summed E-state index contributed by atoms with van der Waals surface area (Å²) >= 11 is 0. The van der Waals surface area contributed by atoms with E-state index in [0.29, 0.717) is 30.0 Å². The highest BCUT2D eigenvalue weighted by Gasteiger charge is 2.26. The van der Waals surface area contributed by atoms with Gasteiger partial charge in [0.05, 0.1) is 17.8 Å². The van der Waals surface area contributed by atoms with Crippen molar-refractivity contribution in [3.63, 3.8) is 0 Å². The minimum atomic E-state index is -0.276. The molecule has 0 aliphatic carbocycles. The number of piperidine rings is 1. The standard InChI is InChI=1S/C28H29N3O3/c1-20-8-7-11-23(18-20)29-28(34)24-12-5-6-13-25(24)30-26(32)19-31-16-14-22(15-17-31)27(33)21-9-3-2-4-10-21/h2-13,18,22H,14-17,19H2,1H3,(H,29,34)(H,30,32). The lowest BCUT2D eigenvalue weighted by Gasteiger charge is -2.30. The van der Waals surface area contributed by atoms with Crippen LogP contribution in [0.4, 0.5) is 11.4 Å². The molecule has 34 heavy (non-hydrogen) atoms. The topological polar surface area (TPSA) is 78.5 Å². The average Bonchev–Trinajstić information content (AvgIpc) is 2.85. The molecular formula is C28H29N3O3. The molecule has 6 nitrogen and oxygen atoms in total. The summed E-state index contributed by atoms with van der Waals surface area (Å²) in [5.41, 5.74) is 3.39. The van der Waals surface area contributed by atoms with E-state index >= 15 is 0 Å². The summed E-state index contributed by atoms with van der Waals surface area (Å²) in [6, 6.07) is 23.9. The van der Waals surface area contributed by atoms with Gasteiger partial charge >= 0.3 is 0 Å². The van der Waals surface area contributed by atoms with Gasteiger partial charge in [0.25, 0.3) is 5.91 Å². The first-order chi connectivity index (χ1) is 16.5. The van der Waals surface area contributed by atoms with Crippen LogP contribution in [0.25, 0.3) is 0 Å². The van der Waals surface area contributed by atoms with Crippen LogP contribution >= 0.6 is 0 Å². The van der Waals surface area contributed by atoms with Gasteiger partial charge in [0.2, 0.25) is 5.91 Å². The molecule has 3 aromatic rings. The first-order valence-electron chi connectivity index (χ1n) is 11.6. The molecule has 0 unspecified atom stereocenters. The van der Waals surface area contributed by atoms with Gasteiger partial charge in [-0.1, -0.05) is 54.6 Å². The van der Waals surface area contributed by atoms with E-state index in [1.165, 1.54) is 0 Å². The molecule has 1 heterocycles. The highest BCUT2D eigenvalue weighted by molar-refractivity contribution is 6.10. The lowest BCUT2D eigenvalue weighted by atomic mass is 9.89. The van der Waals surface area contributed by atoms with E-state index in [-0.39, 0.29) is 30.1 Å². The average molecular weight is 456 g/mol. The van der Waals surface area contributed by atoms with Gasteiger partial charge in [0, 0.05) is 17.2 Å². The third-order valence-corrected chi connectivity index (χ3v) is 6.11. The van der Waals surface area contributed by atoms with E-state index in [1.807, 2.05) is 61.5 Å². The molecule has 0 bridgehead atoms. The minimum absolute atomic E-state index is 0.00671. The lowest BCUT2D eigenvalue weighted by Crippen LogP contribution is -2.40. The normalized spacial score (nSPS) is 14.4. The van der Waals surface area contributed by atoms with Crippen molar-refractivity contribution in [2.75, 3.05) is 30.3 Å². The van der Waals surface area contributed by atoms with E-state index in [4.69, 9.17) is 0 Å². The third kappa shape index (κ3) is 5.97. The largest absolute Gasteiger partial charge is 0.324 e. The number of carbonyl (C=O) groups is 3. The zero-order valence-electron chi connectivity index (χ0n) is 19.3. The van der Waals surface area contributed by atoms with Gasteiger partial charge in [-0.3, -0.25) is 19.3 Å². The Bertz CT molecular complexity index is 1170. The van der Waals surface area contributed by atoms with E-state index in [2.05, 4.69) is 15.5 Å². The van der Waals surface area contributed by atoms with Crippen LogP contribution in [-0.2, 0) is 4.79 Å². The van der Waals surface area contributed by atoms with Gasteiger partial charge in [0.1, 0.15) is 0 Å². The number of hydrogen-bond acceptors (Lipinski definition) is 4. The number of amides is 2. The number of Topliss-reactive ketones (excluding diaryl/α,β-unsaturated/α-hetero) is 1. The summed E-state index contributed by atoms with van der Waals surface area (Å²) in [4.78, 5) is 40.3. The first-order valence-corrected chi connectivity index (χ1v) is 11.6. The molecule has 2 amide bonds. The predicted molar refractivity (Wildman–Crippen MR) is 134 cm³/mol. The molecule has 1 saturated heterocycles. The van der Waals surface area contributed by atoms with Gasteiger partial charge in [-0.25, -0.2) is 0 Å². The summed E-state index contributed by atoms with van der Waals surface area (Å²) in [5.74, 6) is -0.281. The Morgan fingerprint density at radius 3 is 2.29 bits per heavy atom. The van der Waals surface area contributed by atoms with Crippen molar-refractivity contribution in [3.05, 3.63) is 95.6 Å². The van der Waals surface area contributed by atoms with Crippen LogP contribution in [0.5, 0.6) is 0 Å². The molecule has 1 aliphatic rings. The number of anilines is 2. The van der Waals surface area contributed by atoms with Gasteiger partial charge < -0.3 is 10.6 Å². The second-order valence-electron chi connectivity index (χ2n) is 8.70. The summed E-state index contributed by atoms with van der Waals surface area (Å²) in [6.45, 7) is 3.56. The Morgan fingerprint density at radius 2 is 1.56 bits per heavy atom. The Kier molecular flexibility index (Phi) is 7.50. The first kappa shape index (κ1) is 23.4. The summed E-state index contributed by atoms with van der Waals surface area (Å²) in [5, 5.41) is 5.78. The van der Waals surface area contributed by atoms with Crippen LogP contribution in [-0.4, -0.2) is 42.1 Å². The summed E-state index contributed by atoms with van der Waals surface area (Å²) in [7, 11) is 0. The van der Waals surface area contributed by atoms with Gasteiger partial charge in [0.15, 0.2) is 5.78 Å². The molecule has 1 aliphatic heterocycles. The quantitative estimate of drug-likeness (QED) is 0.503. The maximum atomic E-state index is 12.8. The van der Waals surface area contributed by atoms with E-state index in [1.54, 1.807) is 24.3 Å². The van der Waals surface area contributed by atoms with Crippen molar-refractivity contribution >= 4 is 29.0 Å². The molecule has 0 aromatic heterocycles. The van der Waals surface area contributed by atoms with E-state index < -0.39 is 0 Å². The maximum Gasteiger partial charge on any atom is 0.257 e. The number of nitrogens with one attached hydrogen (secondary N) is 2. The van der Waals surface area contributed by atoms with E-state index in [9.17, 15) is 14.4 Å². The fourth-order valence-corrected chi connectivity index (χ4v) is 4.30. The zero-order valence-corrected chi connectivity index (χ0v) is 19.3. The number of nitrogens with zero attached hydrogens (tertiary/aromatic N) is 1. The van der Waals surface area contributed by atoms with Crippen molar-refractivity contribution < 1.29 is 14.4 Å². The SMILES string of the molecule is Cc1cccc(NC(=O)c2ccccc2NC(=O)CN2CCC(C(=O)c3ccccc3)CC2)c1. The highest BCUT2D eigenvalue weighted by atomic mass is 16.2. The second kappa shape index (κ2) is 10.9. The smallest absolute Gasteiger partial charge is 0.257 e. The van der Waals surface area contributed by atoms with Gasteiger partial charge in [-0.2, -0.15) is 0 Å². The molecule has 3 aromatic carbocycles. The Balaban J connectivity index is 1.32. The Hall–Kier alpha value is -3.77. The monoisotopic (exact) mass is 455 g/mol. The van der Waals surface area contributed by atoms with Crippen LogP contribution in [0.15, 0.2) is 78.9 Å². The van der Waals surface area contributed by atoms with E-state index in [0.717, 1.165) is 24.0 Å². The molecule has 0 saturated carbocycles. The van der Waals surface area contributed by atoms with Gasteiger partial charge in [-0.05, 0) is 62.7 Å². The molecule has 0 spiro atoms. The molecule has 4 rings (SSSR count). The van der Waals surface area contributed by atoms with Crippen molar-refractivity contribution in [1.82, 2.24) is 4.90 Å². The van der Waals surface area contributed by atoms with Crippen LogP contribution in [0.2, 0.25) is 0 Å². The van der Waals surface area contributed by atoms with Crippen LogP contribution in [0.1, 0.15) is 39.1 Å². The zero-order chi connectivity index (χ0) is 23.9. The predicted octanol–water partition coefficient (Wildman–Crippen LogP) is 4.78. The molecular weight excluding hydrogens is 426 g/mol. The number of para-hydroxylation sites is 1. The number of carbonyl (C=O) groups excluding carboxylic acids is 3.